The van der Waals surface area contributed by atoms with Crippen molar-refractivity contribution in [2.45, 2.75) is 32.1 Å². The zero-order chi connectivity index (χ0) is 17.2. The van der Waals surface area contributed by atoms with Gasteiger partial charge >= 0.3 is 6.09 Å². The first kappa shape index (κ1) is 17.7. The third-order valence-electron chi connectivity index (χ3n) is 4.02. The molecule has 1 aliphatic heterocycles. The van der Waals surface area contributed by atoms with Crippen LogP contribution in [-0.2, 0) is 21.8 Å². The van der Waals surface area contributed by atoms with Crippen molar-refractivity contribution in [1.29, 1.82) is 0 Å². The van der Waals surface area contributed by atoms with Gasteiger partial charge in [-0.15, -0.1) is 0 Å². The second kappa shape index (κ2) is 6.88. The lowest BCUT2D eigenvalue weighted by molar-refractivity contribution is 0.109. The first-order valence-corrected chi connectivity index (χ1v) is 9.15. The normalized spacial score (nSPS) is 17.1. The van der Waals surface area contributed by atoms with Crippen molar-refractivity contribution < 1.29 is 17.9 Å². The van der Waals surface area contributed by atoms with Crippen LogP contribution in [-0.4, -0.2) is 66.3 Å². The van der Waals surface area contributed by atoms with Crippen LogP contribution in [0.4, 0.5) is 4.79 Å². The molecule has 0 saturated carbocycles. The van der Waals surface area contributed by atoms with Gasteiger partial charge in [-0.2, -0.15) is 9.40 Å². The van der Waals surface area contributed by atoms with Gasteiger partial charge < -0.3 is 9.64 Å². The highest BCUT2D eigenvalue weighted by Crippen LogP contribution is 2.24. The number of amides is 1. The van der Waals surface area contributed by atoms with Crippen LogP contribution in [0.1, 0.15) is 24.7 Å². The highest BCUT2D eigenvalue weighted by atomic mass is 32.2. The van der Waals surface area contributed by atoms with Crippen LogP contribution in [0.15, 0.2) is 4.90 Å². The summed E-state index contributed by atoms with van der Waals surface area (Å²) in [6.07, 6.45) is 0.191. The van der Waals surface area contributed by atoms with Crippen molar-refractivity contribution in [3.8, 4) is 0 Å². The summed E-state index contributed by atoms with van der Waals surface area (Å²) in [7, 11) is -1.89. The predicted molar refractivity (Wildman–Crippen MR) is 84.7 cm³/mol. The molecule has 1 aromatic rings. The lowest BCUT2D eigenvalue weighted by atomic mass is 10.4. The number of nitrogens with zero attached hydrogens (tertiary/aromatic N) is 4. The Bertz CT molecular complexity index is 683. The van der Waals surface area contributed by atoms with E-state index >= 15 is 0 Å². The molecule has 2 heterocycles. The van der Waals surface area contributed by atoms with Gasteiger partial charge in [-0.25, -0.2) is 13.2 Å². The third-order valence-corrected chi connectivity index (χ3v) is 6.17. The molecular formula is C14H24N4O4S. The molecule has 0 radical (unpaired) electrons. The number of hydrogen-bond acceptors (Lipinski definition) is 5. The van der Waals surface area contributed by atoms with E-state index in [0.29, 0.717) is 44.0 Å². The van der Waals surface area contributed by atoms with Crippen LogP contribution in [0.25, 0.3) is 0 Å². The monoisotopic (exact) mass is 344 g/mol. The molecule has 0 spiro atoms. The molecule has 8 nitrogen and oxygen atoms in total. The van der Waals surface area contributed by atoms with E-state index in [1.54, 1.807) is 37.4 Å². The van der Waals surface area contributed by atoms with Crippen LogP contribution in [0.2, 0.25) is 0 Å². The lowest BCUT2D eigenvalue weighted by Crippen LogP contribution is -2.37. The highest BCUT2D eigenvalue weighted by molar-refractivity contribution is 7.89. The molecular weight excluding hydrogens is 320 g/mol. The average molecular weight is 344 g/mol. The van der Waals surface area contributed by atoms with Crippen molar-refractivity contribution in [2.75, 3.05) is 32.8 Å². The van der Waals surface area contributed by atoms with Gasteiger partial charge in [0.15, 0.2) is 0 Å². The van der Waals surface area contributed by atoms with Crippen molar-refractivity contribution in [1.82, 2.24) is 19.0 Å². The van der Waals surface area contributed by atoms with Crippen LogP contribution in [0.5, 0.6) is 0 Å². The van der Waals surface area contributed by atoms with Crippen molar-refractivity contribution in [3.05, 3.63) is 11.4 Å². The molecule has 1 saturated heterocycles. The van der Waals surface area contributed by atoms with Crippen molar-refractivity contribution in [3.63, 3.8) is 0 Å². The molecule has 1 aliphatic rings. The quantitative estimate of drug-likeness (QED) is 0.813. The minimum atomic E-state index is -3.62. The second-order valence-corrected chi connectivity index (χ2v) is 7.44. The average Bonchev–Trinajstić information content (AvgIpc) is 2.68. The molecule has 130 valence electrons. The van der Waals surface area contributed by atoms with Gasteiger partial charge in [0.2, 0.25) is 10.0 Å². The largest absolute Gasteiger partial charge is 0.450 e. The predicted octanol–water partition coefficient (Wildman–Crippen LogP) is 0.890. The molecule has 1 aromatic heterocycles. The Labute approximate surface area is 137 Å². The maximum atomic E-state index is 12.9. The number of hydrogen-bond donors (Lipinski definition) is 0. The molecule has 1 fully saturated rings. The van der Waals surface area contributed by atoms with Crippen LogP contribution in [0.3, 0.4) is 0 Å². The van der Waals surface area contributed by atoms with E-state index in [-0.39, 0.29) is 17.5 Å². The molecule has 0 atom stereocenters. The fourth-order valence-corrected chi connectivity index (χ4v) is 4.66. The van der Waals surface area contributed by atoms with Gasteiger partial charge in [0.1, 0.15) is 4.90 Å². The number of carbonyl (C=O) groups excluding carboxylic acids is 1. The summed E-state index contributed by atoms with van der Waals surface area (Å²) in [4.78, 5) is 13.6. The minimum Gasteiger partial charge on any atom is -0.450 e. The van der Waals surface area contributed by atoms with E-state index in [1.807, 2.05) is 0 Å². The molecule has 0 bridgehead atoms. The number of carbonyl (C=O) groups is 1. The Morgan fingerprint density at radius 3 is 2.48 bits per heavy atom. The van der Waals surface area contributed by atoms with E-state index in [2.05, 4.69) is 5.10 Å². The number of sulfonamides is 1. The fourth-order valence-electron chi connectivity index (χ4n) is 2.79. The molecule has 0 unspecified atom stereocenters. The number of aryl methyl sites for hydroxylation is 2. The van der Waals surface area contributed by atoms with Crippen LogP contribution >= 0.6 is 0 Å². The smallest absolute Gasteiger partial charge is 0.409 e. The van der Waals surface area contributed by atoms with Gasteiger partial charge in [-0.05, 0) is 27.2 Å². The van der Waals surface area contributed by atoms with Gasteiger partial charge in [0.25, 0.3) is 0 Å². The van der Waals surface area contributed by atoms with Gasteiger partial charge in [-0.1, -0.05) is 0 Å². The Balaban J connectivity index is 2.20. The first-order valence-electron chi connectivity index (χ1n) is 7.71. The zero-order valence-corrected chi connectivity index (χ0v) is 14.9. The zero-order valence-electron chi connectivity index (χ0n) is 14.1. The third kappa shape index (κ3) is 3.50. The Kier molecular flexibility index (Phi) is 5.30. The summed E-state index contributed by atoms with van der Waals surface area (Å²) in [6, 6.07) is 0. The standard InChI is InChI=1S/C14H24N4O4S/c1-5-22-14(19)17-7-6-8-18(10-9-17)23(20,21)13-11(2)15-16(4)12(13)3/h5-10H2,1-4H3. The molecule has 9 heteroatoms. The van der Waals surface area contributed by atoms with Gasteiger partial charge in [-0.3, -0.25) is 4.68 Å². The number of ether oxygens (including phenoxy) is 1. The molecule has 0 aliphatic carbocycles. The maximum absolute atomic E-state index is 12.9. The van der Waals surface area contributed by atoms with Gasteiger partial charge in [0, 0.05) is 33.2 Å². The first-order chi connectivity index (χ1) is 10.8. The highest BCUT2D eigenvalue weighted by Gasteiger charge is 2.32. The summed E-state index contributed by atoms with van der Waals surface area (Å²) in [5.74, 6) is 0. The molecule has 23 heavy (non-hydrogen) atoms. The minimum absolute atomic E-state index is 0.259. The second-order valence-electron chi connectivity index (χ2n) is 5.57. The maximum Gasteiger partial charge on any atom is 0.409 e. The Morgan fingerprint density at radius 1 is 1.22 bits per heavy atom. The van der Waals surface area contributed by atoms with E-state index < -0.39 is 10.0 Å². The van der Waals surface area contributed by atoms with Crippen molar-refractivity contribution >= 4 is 16.1 Å². The number of aromatic nitrogens is 2. The molecule has 0 N–H and O–H groups in total. The van der Waals surface area contributed by atoms with Gasteiger partial charge in [0.05, 0.1) is 18.0 Å². The lowest BCUT2D eigenvalue weighted by Gasteiger charge is -2.21. The molecule has 1 amide bonds. The van der Waals surface area contributed by atoms with E-state index in [0.717, 1.165) is 0 Å². The summed E-state index contributed by atoms with van der Waals surface area (Å²) in [5, 5.41) is 4.19. The molecule has 0 aromatic carbocycles. The summed E-state index contributed by atoms with van der Waals surface area (Å²) in [5.41, 5.74) is 1.12. The van der Waals surface area contributed by atoms with E-state index in [4.69, 9.17) is 4.74 Å². The SMILES string of the molecule is CCOC(=O)N1CCCN(S(=O)(=O)c2c(C)nn(C)c2C)CC1. The van der Waals surface area contributed by atoms with Crippen LogP contribution < -0.4 is 0 Å². The summed E-state index contributed by atoms with van der Waals surface area (Å²) in [6.45, 7) is 6.97. The van der Waals surface area contributed by atoms with E-state index in [9.17, 15) is 13.2 Å². The summed E-state index contributed by atoms with van der Waals surface area (Å²) < 4.78 is 33.9. The molecule has 2 rings (SSSR count). The van der Waals surface area contributed by atoms with E-state index in [1.165, 1.54) is 4.31 Å². The summed E-state index contributed by atoms with van der Waals surface area (Å²) >= 11 is 0. The Morgan fingerprint density at radius 2 is 1.91 bits per heavy atom. The number of rotatable bonds is 3. The fraction of sp³-hybridized carbons (Fsp3) is 0.714. The van der Waals surface area contributed by atoms with Crippen molar-refractivity contribution in [2.24, 2.45) is 7.05 Å². The topological polar surface area (TPSA) is 84.7 Å². The Hall–Kier alpha value is -1.61. The van der Waals surface area contributed by atoms with Crippen LogP contribution in [0, 0.1) is 13.8 Å².